The molecular weight excluding hydrogens is 219 g/mol. The number of hydrogen-bond acceptors (Lipinski definition) is 3. The first kappa shape index (κ1) is 13.5. The van der Waals surface area contributed by atoms with Crippen molar-refractivity contribution >= 4 is 0 Å². The van der Waals surface area contributed by atoms with Gasteiger partial charge in [-0.05, 0) is 19.0 Å². The lowest BCUT2D eigenvalue weighted by Crippen LogP contribution is -2.17. The van der Waals surface area contributed by atoms with Crippen molar-refractivity contribution in [2.75, 3.05) is 6.54 Å². The molecule has 1 atom stereocenters. The van der Waals surface area contributed by atoms with Crippen molar-refractivity contribution in [3.8, 4) is 11.8 Å². The van der Waals surface area contributed by atoms with Crippen LogP contribution in [0, 0.1) is 17.1 Å². The topological polar surface area (TPSA) is 45.0 Å². The molecule has 0 aliphatic heterocycles. The number of nitrogens with zero attached hydrogens (tertiary/aromatic N) is 1. The highest BCUT2D eigenvalue weighted by Gasteiger charge is 2.14. The van der Waals surface area contributed by atoms with Crippen molar-refractivity contribution in [1.29, 1.82) is 5.26 Å². The minimum Gasteiger partial charge on any atom is -0.472 e. The molecule has 0 aliphatic carbocycles. The molecule has 0 heterocycles. The van der Waals surface area contributed by atoms with Gasteiger partial charge in [-0.25, -0.2) is 4.39 Å². The van der Waals surface area contributed by atoms with Crippen molar-refractivity contribution in [3.63, 3.8) is 0 Å². The first-order valence-corrected chi connectivity index (χ1v) is 5.77. The number of hydrogen-bond donors (Lipinski definition) is 1. The molecule has 17 heavy (non-hydrogen) atoms. The molecule has 0 aliphatic rings. The summed E-state index contributed by atoms with van der Waals surface area (Å²) in [5.74, 6) is -0.240. The third kappa shape index (κ3) is 3.72. The summed E-state index contributed by atoms with van der Waals surface area (Å²) in [6.07, 6.45) is -0.0712. The van der Waals surface area contributed by atoms with Gasteiger partial charge >= 0.3 is 0 Å². The van der Waals surface area contributed by atoms with E-state index in [9.17, 15) is 4.39 Å². The second-order valence-corrected chi connectivity index (χ2v) is 3.65. The van der Waals surface area contributed by atoms with Gasteiger partial charge in [-0.1, -0.05) is 26.0 Å². The average molecular weight is 236 g/mol. The van der Waals surface area contributed by atoms with Crippen LogP contribution in [0.5, 0.6) is 5.75 Å². The molecule has 0 saturated carbocycles. The standard InChI is InChI=1S/C13H17FN2O/c1-3-11(8-15)17-13-10(9-16-4-2)6-5-7-12(13)14/h5-7,11,16H,3-4,9H2,1-2H3. The van der Waals surface area contributed by atoms with Crippen molar-refractivity contribution in [2.24, 2.45) is 0 Å². The van der Waals surface area contributed by atoms with E-state index in [2.05, 4.69) is 5.32 Å². The number of benzene rings is 1. The Kier molecular flexibility index (Phi) is 5.44. The lowest BCUT2D eigenvalue weighted by molar-refractivity contribution is 0.237. The van der Waals surface area contributed by atoms with Gasteiger partial charge in [0, 0.05) is 12.1 Å². The number of para-hydroxylation sites is 1. The first-order chi connectivity index (χ1) is 8.22. The zero-order chi connectivity index (χ0) is 12.7. The van der Waals surface area contributed by atoms with Gasteiger partial charge < -0.3 is 10.1 Å². The lowest BCUT2D eigenvalue weighted by atomic mass is 10.2. The van der Waals surface area contributed by atoms with E-state index in [1.165, 1.54) is 6.07 Å². The summed E-state index contributed by atoms with van der Waals surface area (Å²) in [7, 11) is 0. The third-order valence-corrected chi connectivity index (χ3v) is 2.39. The smallest absolute Gasteiger partial charge is 0.184 e. The van der Waals surface area contributed by atoms with Crippen molar-refractivity contribution in [3.05, 3.63) is 29.6 Å². The Morgan fingerprint density at radius 1 is 1.47 bits per heavy atom. The van der Waals surface area contributed by atoms with Crippen LogP contribution in [0.3, 0.4) is 0 Å². The Bertz CT molecular complexity index is 401. The molecule has 0 aromatic heterocycles. The van der Waals surface area contributed by atoms with Crippen LogP contribution >= 0.6 is 0 Å². The molecule has 3 nitrogen and oxygen atoms in total. The normalized spacial score (nSPS) is 11.9. The molecule has 1 aromatic rings. The summed E-state index contributed by atoms with van der Waals surface area (Å²) < 4.78 is 19.0. The minimum atomic E-state index is -0.604. The van der Waals surface area contributed by atoms with Gasteiger partial charge in [-0.15, -0.1) is 0 Å². The van der Waals surface area contributed by atoms with Gasteiger partial charge in [0.15, 0.2) is 17.7 Å². The van der Waals surface area contributed by atoms with E-state index in [4.69, 9.17) is 10.00 Å². The van der Waals surface area contributed by atoms with E-state index >= 15 is 0 Å². The maximum atomic E-state index is 13.6. The Morgan fingerprint density at radius 3 is 2.82 bits per heavy atom. The van der Waals surface area contributed by atoms with Gasteiger partial charge in [0.05, 0.1) is 0 Å². The van der Waals surface area contributed by atoms with E-state index < -0.39 is 11.9 Å². The predicted octanol–water partition coefficient (Wildman–Crippen LogP) is 2.62. The quantitative estimate of drug-likeness (QED) is 0.825. The van der Waals surface area contributed by atoms with E-state index in [-0.39, 0.29) is 5.75 Å². The molecule has 0 fully saturated rings. The fourth-order valence-corrected chi connectivity index (χ4v) is 1.43. The molecule has 0 radical (unpaired) electrons. The van der Waals surface area contributed by atoms with Crippen LogP contribution in [0.25, 0.3) is 0 Å². The first-order valence-electron chi connectivity index (χ1n) is 5.77. The molecule has 92 valence electrons. The van der Waals surface area contributed by atoms with Crippen LogP contribution in [0.15, 0.2) is 18.2 Å². The zero-order valence-corrected chi connectivity index (χ0v) is 10.2. The maximum absolute atomic E-state index is 13.6. The summed E-state index contributed by atoms with van der Waals surface area (Å²) in [4.78, 5) is 0. The fraction of sp³-hybridized carbons (Fsp3) is 0.462. The van der Waals surface area contributed by atoms with Crippen LogP contribution in [-0.4, -0.2) is 12.6 Å². The fourth-order valence-electron chi connectivity index (χ4n) is 1.43. The molecule has 1 aromatic carbocycles. The van der Waals surface area contributed by atoms with Crippen LogP contribution in [-0.2, 0) is 6.54 Å². The van der Waals surface area contributed by atoms with Gasteiger partial charge in [0.25, 0.3) is 0 Å². The van der Waals surface area contributed by atoms with Crippen molar-refractivity contribution < 1.29 is 9.13 Å². The number of nitrogens with one attached hydrogen (secondary N) is 1. The predicted molar refractivity (Wildman–Crippen MR) is 64.1 cm³/mol. The molecule has 0 amide bonds. The molecule has 4 heteroatoms. The highest BCUT2D eigenvalue weighted by atomic mass is 19.1. The largest absolute Gasteiger partial charge is 0.472 e. The second kappa shape index (κ2) is 6.87. The Hall–Kier alpha value is -1.60. The van der Waals surface area contributed by atoms with E-state index in [1.807, 2.05) is 19.9 Å². The summed E-state index contributed by atoms with van der Waals surface area (Å²) >= 11 is 0. The average Bonchev–Trinajstić information content (AvgIpc) is 2.35. The van der Waals surface area contributed by atoms with Gasteiger partial charge in [-0.2, -0.15) is 5.26 Å². The molecule has 0 saturated heterocycles. The molecule has 1 unspecified atom stereocenters. The molecule has 1 rings (SSSR count). The van der Waals surface area contributed by atoms with E-state index in [0.29, 0.717) is 13.0 Å². The molecular formula is C13H17FN2O. The summed E-state index contributed by atoms with van der Waals surface area (Å²) in [5.41, 5.74) is 0.737. The number of nitriles is 1. The number of halogens is 1. The van der Waals surface area contributed by atoms with Crippen LogP contribution < -0.4 is 10.1 Å². The third-order valence-electron chi connectivity index (χ3n) is 2.39. The van der Waals surface area contributed by atoms with Crippen LogP contribution in [0.4, 0.5) is 4.39 Å². The van der Waals surface area contributed by atoms with Crippen molar-refractivity contribution in [2.45, 2.75) is 32.9 Å². The summed E-state index contributed by atoms with van der Waals surface area (Å²) in [6.45, 7) is 5.14. The highest BCUT2D eigenvalue weighted by molar-refractivity contribution is 5.35. The Labute approximate surface area is 101 Å². The van der Waals surface area contributed by atoms with E-state index in [1.54, 1.807) is 12.1 Å². The Balaban J connectivity index is 2.91. The van der Waals surface area contributed by atoms with Crippen LogP contribution in [0.2, 0.25) is 0 Å². The monoisotopic (exact) mass is 236 g/mol. The SMILES string of the molecule is CCNCc1cccc(F)c1OC(C#N)CC. The van der Waals surface area contributed by atoms with E-state index in [0.717, 1.165) is 12.1 Å². The maximum Gasteiger partial charge on any atom is 0.184 e. The Morgan fingerprint density at radius 2 is 2.24 bits per heavy atom. The number of rotatable bonds is 6. The zero-order valence-electron chi connectivity index (χ0n) is 10.2. The molecule has 1 N–H and O–H groups in total. The number of ether oxygens (including phenoxy) is 1. The minimum absolute atomic E-state index is 0.182. The summed E-state index contributed by atoms with van der Waals surface area (Å²) in [5, 5.41) is 11.9. The van der Waals surface area contributed by atoms with Crippen molar-refractivity contribution in [1.82, 2.24) is 5.32 Å². The van der Waals surface area contributed by atoms with Gasteiger partial charge in [-0.3, -0.25) is 0 Å². The second-order valence-electron chi connectivity index (χ2n) is 3.65. The highest BCUT2D eigenvalue weighted by Crippen LogP contribution is 2.24. The summed E-state index contributed by atoms with van der Waals surface area (Å²) in [6, 6.07) is 6.78. The van der Waals surface area contributed by atoms with Gasteiger partial charge in [0.2, 0.25) is 0 Å². The molecule has 0 spiro atoms. The molecule has 0 bridgehead atoms. The lowest BCUT2D eigenvalue weighted by Gasteiger charge is -2.15. The van der Waals surface area contributed by atoms with Crippen LogP contribution in [0.1, 0.15) is 25.8 Å². The van der Waals surface area contributed by atoms with Gasteiger partial charge in [0.1, 0.15) is 6.07 Å².